The maximum absolute atomic E-state index is 6.23. The number of aryl methyl sites for hydroxylation is 2. The number of nitrogens with zero attached hydrogens (tertiary/aromatic N) is 3. The highest BCUT2D eigenvalue weighted by molar-refractivity contribution is 6.30. The molecule has 0 saturated heterocycles. The summed E-state index contributed by atoms with van der Waals surface area (Å²) in [6, 6.07) is 2.13. The van der Waals surface area contributed by atoms with E-state index in [9.17, 15) is 0 Å². The molecule has 0 unspecified atom stereocenters. The van der Waals surface area contributed by atoms with Crippen LogP contribution in [0.4, 0.5) is 0 Å². The van der Waals surface area contributed by atoms with Crippen LogP contribution in [0, 0.1) is 6.92 Å². The molecule has 98 valence electrons. The minimum Gasteiger partial charge on any atom is -0.349 e. The molecule has 5 heteroatoms. The van der Waals surface area contributed by atoms with E-state index >= 15 is 0 Å². The van der Waals surface area contributed by atoms with Crippen molar-refractivity contribution < 1.29 is 0 Å². The summed E-state index contributed by atoms with van der Waals surface area (Å²) in [6.45, 7) is 6.76. The largest absolute Gasteiger partial charge is 0.349 e. The fourth-order valence-electron chi connectivity index (χ4n) is 2.00. The maximum Gasteiger partial charge on any atom is 0.131 e. The lowest BCUT2D eigenvalue weighted by molar-refractivity contribution is 0.721. The predicted octanol–water partition coefficient (Wildman–Crippen LogP) is 2.34. The van der Waals surface area contributed by atoms with Crippen molar-refractivity contribution in [2.75, 3.05) is 6.54 Å². The van der Waals surface area contributed by atoms with Gasteiger partial charge in [0, 0.05) is 31.5 Å². The van der Waals surface area contributed by atoms with Crippen LogP contribution in [0.2, 0.25) is 5.15 Å². The molecule has 0 spiro atoms. The monoisotopic (exact) mass is 266 g/mol. The normalized spacial score (nSPS) is 11.1. The molecule has 1 N–H and O–H groups in total. The Morgan fingerprint density at radius 3 is 2.83 bits per heavy atom. The number of rotatable bonds is 5. The van der Waals surface area contributed by atoms with Crippen LogP contribution in [0.3, 0.4) is 0 Å². The van der Waals surface area contributed by atoms with Crippen LogP contribution in [-0.4, -0.2) is 20.9 Å². The van der Waals surface area contributed by atoms with Crippen LogP contribution in [0.5, 0.6) is 0 Å². The summed E-state index contributed by atoms with van der Waals surface area (Å²) in [5, 5.41) is 8.35. The Morgan fingerprint density at radius 2 is 2.22 bits per heavy atom. The van der Waals surface area contributed by atoms with E-state index < -0.39 is 0 Å². The summed E-state index contributed by atoms with van der Waals surface area (Å²) in [6.07, 6.45) is 4.22. The van der Waals surface area contributed by atoms with Crippen molar-refractivity contribution in [2.45, 2.75) is 26.9 Å². The second kappa shape index (κ2) is 5.59. The minimum absolute atomic E-state index is 0.717. The summed E-state index contributed by atoms with van der Waals surface area (Å²) in [5.41, 5.74) is 3.36. The summed E-state index contributed by atoms with van der Waals surface area (Å²) in [7, 11) is 1.87. The molecular formula is C13H19ClN4. The molecule has 2 rings (SSSR count). The van der Waals surface area contributed by atoms with Gasteiger partial charge in [-0.05, 0) is 25.1 Å². The average molecular weight is 267 g/mol. The lowest BCUT2D eigenvalue weighted by Gasteiger charge is -2.03. The van der Waals surface area contributed by atoms with Gasteiger partial charge in [0.25, 0.3) is 0 Å². The second-order valence-electron chi connectivity index (χ2n) is 4.45. The zero-order valence-electron chi connectivity index (χ0n) is 11.1. The highest BCUT2D eigenvalue weighted by Crippen LogP contribution is 2.20. The van der Waals surface area contributed by atoms with E-state index in [2.05, 4.69) is 40.4 Å². The Balaban J connectivity index is 2.11. The first kappa shape index (κ1) is 13.2. The molecule has 0 fully saturated rings. The highest BCUT2D eigenvalue weighted by atomic mass is 35.5. The fraction of sp³-hybridized carbons (Fsp3) is 0.462. The van der Waals surface area contributed by atoms with Crippen LogP contribution in [0.15, 0.2) is 18.5 Å². The molecule has 2 aromatic rings. The first-order chi connectivity index (χ1) is 8.61. The van der Waals surface area contributed by atoms with Crippen molar-refractivity contribution in [3.8, 4) is 0 Å². The van der Waals surface area contributed by atoms with Gasteiger partial charge in [-0.15, -0.1) is 0 Å². The van der Waals surface area contributed by atoms with Crippen molar-refractivity contribution in [1.29, 1.82) is 0 Å². The summed E-state index contributed by atoms with van der Waals surface area (Å²) >= 11 is 6.23. The molecule has 0 aromatic carbocycles. The fourth-order valence-corrected chi connectivity index (χ4v) is 2.23. The molecule has 0 saturated carbocycles. The summed E-state index contributed by atoms with van der Waals surface area (Å²) in [4.78, 5) is 0. The Labute approximate surface area is 113 Å². The molecule has 0 aliphatic heterocycles. The van der Waals surface area contributed by atoms with E-state index in [1.165, 1.54) is 5.56 Å². The summed E-state index contributed by atoms with van der Waals surface area (Å²) in [5.74, 6) is 0. The first-order valence-corrected chi connectivity index (χ1v) is 6.53. The van der Waals surface area contributed by atoms with Crippen LogP contribution < -0.4 is 5.32 Å². The number of hydrogen-bond donors (Lipinski definition) is 1. The predicted molar refractivity (Wildman–Crippen MR) is 73.9 cm³/mol. The van der Waals surface area contributed by atoms with Gasteiger partial charge in [-0.1, -0.05) is 18.5 Å². The standard InChI is InChI=1S/C13H19ClN4/c1-4-15-7-11-5-6-18(8-11)9-12-10(2)16-17(3)13(12)14/h5-6,8,15H,4,7,9H2,1-3H3. The van der Waals surface area contributed by atoms with Gasteiger partial charge in [0.15, 0.2) is 0 Å². The third kappa shape index (κ3) is 2.76. The van der Waals surface area contributed by atoms with Crippen molar-refractivity contribution in [3.05, 3.63) is 40.4 Å². The van der Waals surface area contributed by atoms with E-state index in [0.717, 1.165) is 36.0 Å². The van der Waals surface area contributed by atoms with Gasteiger partial charge >= 0.3 is 0 Å². The zero-order chi connectivity index (χ0) is 13.1. The molecule has 2 aromatic heterocycles. The van der Waals surface area contributed by atoms with Crippen molar-refractivity contribution in [1.82, 2.24) is 19.7 Å². The lowest BCUT2D eigenvalue weighted by Crippen LogP contribution is -2.11. The third-order valence-electron chi connectivity index (χ3n) is 3.00. The molecular weight excluding hydrogens is 248 g/mol. The van der Waals surface area contributed by atoms with Crippen LogP contribution in [0.1, 0.15) is 23.7 Å². The smallest absolute Gasteiger partial charge is 0.131 e. The minimum atomic E-state index is 0.717. The van der Waals surface area contributed by atoms with Gasteiger partial charge in [-0.3, -0.25) is 4.68 Å². The molecule has 0 atom stereocenters. The molecule has 0 aliphatic rings. The lowest BCUT2D eigenvalue weighted by atomic mass is 10.2. The van der Waals surface area contributed by atoms with Crippen molar-refractivity contribution in [2.24, 2.45) is 7.05 Å². The van der Waals surface area contributed by atoms with Crippen LogP contribution >= 0.6 is 11.6 Å². The van der Waals surface area contributed by atoms with E-state index in [1.807, 2.05) is 14.0 Å². The molecule has 2 heterocycles. The van der Waals surface area contributed by atoms with E-state index in [0.29, 0.717) is 0 Å². The van der Waals surface area contributed by atoms with Gasteiger partial charge in [-0.2, -0.15) is 5.10 Å². The number of aromatic nitrogens is 3. The average Bonchev–Trinajstić information content (AvgIpc) is 2.88. The Morgan fingerprint density at radius 1 is 1.44 bits per heavy atom. The molecule has 18 heavy (non-hydrogen) atoms. The Hall–Kier alpha value is -1.26. The van der Waals surface area contributed by atoms with Crippen molar-refractivity contribution in [3.63, 3.8) is 0 Å². The van der Waals surface area contributed by atoms with Crippen molar-refractivity contribution >= 4 is 11.6 Å². The third-order valence-corrected chi connectivity index (χ3v) is 3.47. The number of hydrogen-bond acceptors (Lipinski definition) is 2. The van der Waals surface area contributed by atoms with Crippen LogP contribution in [0.25, 0.3) is 0 Å². The van der Waals surface area contributed by atoms with Gasteiger partial charge in [-0.25, -0.2) is 0 Å². The first-order valence-electron chi connectivity index (χ1n) is 6.15. The Bertz CT molecular complexity index is 527. The second-order valence-corrected chi connectivity index (χ2v) is 4.81. The molecule has 4 nitrogen and oxygen atoms in total. The quantitative estimate of drug-likeness (QED) is 0.902. The van der Waals surface area contributed by atoms with E-state index in [-0.39, 0.29) is 0 Å². The van der Waals surface area contributed by atoms with E-state index in [4.69, 9.17) is 11.6 Å². The van der Waals surface area contributed by atoms with Gasteiger partial charge in [0.2, 0.25) is 0 Å². The SMILES string of the molecule is CCNCc1ccn(Cc2c(C)nn(C)c2Cl)c1. The van der Waals surface area contributed by atoms with Gasteiger partial charge in [0.05, 0.1) is 12.2 Å². The number of halogens is 1. The topological polar surface area (TPSA) is 34.8 Å². The zero-order valence-corrected chi connectivity index (χ0v) is 11.8. The van der Waals surface area contributed by atoms with Gasteiger partial charge < -0.3 is 9.88 Å². The highest BCUT2D eigenvalue weighted by Gasteiger charge is 2.11. The number of nitrogens with one attached hydrogen (secondary N) is 1. The summed E-state index contributed by atoms with van der Waals surface area (Å²) < 4.78 is 3.86. The van der Waals surface area contributed by atoms with Crippen LogP contribution in [-0.2, 0) is 20.1 Å². The van der Waals surface area contributed by atoms with E-state index in [1.54, 1.807) is 4.68 Å². The Kier molecular flexibility index (Phi) is 4.09. The van der Waals surface area contributed by atoms with Gasteiger partial charge in [0.1, 0.15) is 5.15 Å². The molecule has 0 bridgehead atoms. The molecule has 0 amide bonds. The maximum atomic E-state index is 6.23. The molecule has 0 radical (unpaired) electrons. The molecule has 0 aliphatic carbocycles.